The highest BCUT2D eigenvalue weighted by molar-refractivity contribution is 5.80. The molecule has 9 unspecified atom stereocenters. The van der Waals surface area contributed by atoms with E-state index < -0.39 is 74.2 Å². The van der Waals surface area contributed by atoms with E-state index in [2.05, 4.69) is 19.2 Å². The lowest BCUT2D eigenvalue weighted by Gasteiger charge is -2.40. The zero-order valence-electron chi connectivity index (χ0n) is 52.9. The van der Waals surface area contributed by atoms with Crippen molar-refractivity contribution in [2.24, 2.45) is 0 Å². The summed E-state index contributed by atoms with van der Waals surface area (Å²) in [6.45, 7) is 3.53. The van der Waals surface area contributed by atoms with Crippen LogP contribution in [0.2, 0.25) is 0 Å². The second kappa shape index (κ2) is 58.5. The van der Waals surface area contributed by atoms with Crippen molar-refractivity contribution in [2.45, 2.75) is 422 Å². The first-order valence-corrected chi connectivity index (χ1v) is 35.4. The molecule has 1 fully saturated rings. The topological polar surface area (TPSA) is 189 Å². The summed E-state index contributed by atoms with van der Waals surface area (Å²) in [7, 11) is 0. The standard InChI is InChI=1S/C69H137NO10/c1-3-5-7-9-11-13-15-17-19-21-23-25-27-29-30-31-32-33-35-36-38-40-42-44-46-48-50-52-54-56-61(72)64(74)60(59-79-69-67(77)66(76)65(75)63(58-71)80-69)70-68(78)62(73)57-55-53-51-49-47-45-43-41-39-37-34-28-26-24-22-20-18-16-14-12-10-8-6-4-2/h60-67,69,71-77H,3-59H2,1-2H3,(H,70,78). The van der Waals surface area contributed by atoms with Crippen molar-refractivity contribution in [3.63, 3.8) is 0 Å². The predicted octanol–water partition coefficient (Wildman–Crippen LogP) is 16.9. The minimum Gasteiger partial charge on any atom is -0.394 e. The molecule has 80 heavy (non-hydrogen) atoms. The van der Waals surface area contributed by atoms with Gasteiger partial charge in [0.15, 0.2) is 6.29 Å². The van der Waals surface area contributed by atoms with Crippen LogP contribution in [0.5, 0.6) is 0 Å². The van der Waals surface area contributed by atoms with Crippen molar-refractivity contribution in [1.29, 1.82) is 0 Å². The molecule has 1 amide bonds. The lowest BCUT2D eigenvalue weighted by atomic mass is 9.98. The molecule has 0 saturated carbocycles. The number of unbranched alkanes of at least 4 members (excludes halogenated alkanes) is 51. The van der Waals surface area contributed by atoms with Crippen LogP contribution in [0, 0.1) is 0 Å². The number of rotatable bonds is 63. The fourth-order valence-corrected chi connectivity index (χ4v) is 12.0. The van der Waals surface area contributed by atoms with Crippen molar-refractivity contribution in [3.05, 3.63) is 0 Å². The van der Waals surface area contributed by atoms with Crippen LogP contribution in [0.3, 0.4) is 0 Å². The number of aliphatic hydroxyl groups excluding tert-OH is 7. The van der Waals surface area contributed by atoms with E-state index in [9.17, 15) is 40.5 Å². The third kappa shape index (κ3) is 45.5. The number of aliphatic hydroxyl groups is 7. The largest absolute Gasteiger partial charge is 0.394 e. The highest BCUT2D eigenvalue weighted by Gasteiger charge is 2.44. The number of hydrogen-bond donors (Lipinski definition) is 8. The van der Waals surface area contributed by atoms with Gasteiger partial charge in [-0.2, -0.15) is 0 Å². The lowest BCUT2D eigenvalue weighted by molar-refractivity contribution is -0.303. The second-order valence-corrected chi connectivity index (χ2v) is 25.3. The molecule has 1 aliphatic heterocycles. The molecular formula is C69H137NO10. The Labute approximate surface area is 494 Å². The SMILES string of the molecule is CCCCCCCCCCCCCCCCCCCCCCCCCCCCCCCC(O)C(O)C(COC1OC(CO)C(O)C(O)C1O)NC(=O)C(O)CCCCCCCCCCCCCCCCCCCCCCCCCC. The summed E-state index contributed by atoms with van der Waals surface area (Å²) in [6.07, 6.45) is 59.0. The summed E-state index contributed by atoms with van der Waals surface area (Å²) >= 11 is 0. The summed E-state index contributed by atoms with van der Waals surface area (Å²) in [5, 5.41) is 76.6. The molecule has 1 rings (SSSR count). The van der Waals surface area contributed by atoms with Crippen molar-refractivity contribution in [2.75, 3.05) is 13.2 Å². The minimum atomic E-state index is -1.66. The Morgan fingerprint density at radius 3 is 0.925 bits per heavy atom. The molecule has 11 nitrogen and oxygen atoms in total. The summed E-state index contributed by atoms with van der Waals surface area (Å²) < 4.78 is 11.2. The third-order valence-electron chi connectivity index (χ3n) is 17.7. The van der Waals surface area contributed by atoms with Gasteiger partial charge < -0.3 is 50.5 Å². The van der Waals surface area contributed by atoms with Gasteiger partial charge in [-0.25, -0.2) is 0 Å². The van der Waals surface area contributed by atoms with Gasteiger partial charge in [0, 0.05) is 0 Å². The summed E-state index contributed by atoms with van der Waals surface area (Å²) in [5.74, 6) is -0.687. The maximum Gasteiger partial charge on any atom is 0.249 e. The molecule has 9 atom stereocenters. The fourth-order valence-electron chi connectivity index (χ4n) is 12.0. The molecule has 0 bridgehead atoms. The molecular weight excluding hydrogens is 1000 g/mol. The number of nitrogens with one attached hydrogen (secondary N) is 1. The molecule has 0 spiro atoms. The Morgan fingerprint density at radius 1 is 0.388 bits per heavy atom. The Morgan fingerprint density at radius 2 is 0.650 bits per heavy atom. The van der Waals surface area contributed by atoms with Crippen LogP contribution < -0.4 is 5.32 Å². The van der Waals surface area contributed by atoms with Gasteiger partial charge >= 0.3 is 0 Å². The summed E-state index contributed by atoms with van der Waals surface area (Å²) in [5.41, 5.74) is 0. The van der Waals surface area contributed by atoms with Gasteiger partial charge in [-0.1, -0.05) is 354 Å². The molecule has 11 heteroatoms. The number of ether oxygens (including phenoxy) is 2. The van der Waals surface area contributed by atoms with Crippen molar-refractivity contribution in [1.82, 2.24) is 5.32 Å². The highest BCUT2D eigenvalue weighted by Crippen LogP contribution is 2.24. The molecule has 1 heterocycles. The summed E-state index contributed by atoms with van der Waals surface area (Å²) in [4.78, 5) is 13.2. The highest BCUT2D eigenvalue weighted by atomic mass is 16.7. The van der Waals surface area contributed by atoms with Crippen molar-refractivity contribution in [3.8, 4) is 0 Å². The monoisotopic (exact) mass is 1140 g/mol. The van der Waals surface area contributed by atoms with Gasteiger partial charge in [-0.05, 0) is 12.8 Å². The zero-order chi connectivity index (χ0) is 58.2. The molecule has 1 aliphatic rings. The molecule has 0 radical (unpaired) electrons. The Hall–Kier alpha value is -0.890. The van der Waals surface area contributed by atoms with Crippen molar-refractivity contribution < 1.29 is 50.0 Å². The molecule has 478 valence electrons. The fraction of sp³-hybridized carbons (Fsp3) is 0.986. The molecule has 0 aromatic carbocycles. The first-order valence-electron chi connectivity index (χ1n) is 35.4. The average molecular weight is 1140 g/mol. The Bertz CT molecular complexity index is 1260. The van der Waals surface area contributed by atoms with Crippen LogP contribution in [0.25, 0.3) is 0 Å². The van der Waals surface area contributed by atoms with Gasteiger partial charge in [0.25, 0.3) is 0 Å². The second-order valence-electron chi connectivity index (χ2n) is 25.3. The average Bonchev–Trinajstić information content (AvgIpc) is 3.47. The van der Waals surface area contributed by atoms with Gasteiger partial charge in [-0.3, -0.25) is 4.79 Å². The molecule has 0 aromatic rings. The zero-order valence-corrected chi connectivity index (χ0v) is 52.9. The summed E-state index contributed by atoms with van der Waals surface area (Å²) in [6, 6.07) is -1.16. The van der Waals surface area contributed by atoms with Crippen LogP contribution in [0.15, 0.2) is 0 Å². The lowest BCUT2D eigenvalue weighted by Crippen LogP contribution is -2.60. The minimum absolute atomic E-state index is 0.268. The molecule has 0 aromatic heterocycles. The van der Waals surface area contributed by atoms with E-state index >= 15 is 0 Å². The van der Waals surface area contributed by atoms with E-state index in [1.165, 1.54) is 289 Å². The quantitative estimate of drug-likeness (QED) is 0.0272. The van der Waals surface area contributed by atoms with E-state index in [4.69, 9.17) is 9.47 Å². The number of carbonyl (C=O) groups is 1. The Kier molecular flexibility index (Phi) is 56.4. The molecule has 0 aliphatic carbocycles. The van der Waals surface area contributed by atoms with Gasteiger partial charge in [0.1, 0.15) is 36.6 Å². The van der Waals surface area contributed by atoms with Crippen molar-refractivity contribution >= 4 is 5.91 Å². The first-order chi connectivity index (χ1) is 39.2. The van der Waals surface area contributed by atoms with Crippen LogP contribution in [-0.4, -0.2) is 110 Å². The van der Waals surface area contributed by atoms with E-state index in [0.717, 1.165) is 38.5 Å². The normalized spacial score (nSPS) is 19.1. The first kappa shape index (κ1) is 77.1. The van der Waals surface area contributed by atoms with E-state index in [0.29, 0.717) is 19.3 Å². The van der Waals surface area contributed by atoms with Gasteiger partial charge in [0.2, 0.25) is 5.91 Å². The Balaban J connectivity index is 2.18. The van der Waals surface area contributed by atoms with Crippen LogP contribution in [0.1, 0.15) is 367 Å². The molecule has 1 saturated heterocycles. The van der Waals surface area contributed by atoms with Crippen LogP contribution in [0.4, 0.5) is 0 Å². The predicted molar refractivity (Wildman–Crippen MR) is 335 cm³/mol. The van der Waals surface area contributed by atoms with Crippen LogP contribution >= 0.6 is 0 Å². The van der Waals surface area contributed by atoms with Crippen LogP contribution in [-0.2, 0) is 14.3 Å². The maximum absolute atomic E-state index is 13.2. The number of hydrogen-bond acceptors (Lipinski definition) is 10. The number of carbonyl (C=O) groups excluding carboxylic acids is 1. The maximum atomic E-state index is 13.2. The third-order valence-corrected chi connectivity index (χ3v) is 17.7. The molecule has 8 N–H and O–H groups in total. The smallest absolute Gasteiger partial charge is 0.249 e. The van der Waals surface area contributed by atoms with E-state index in [1.807, 2.05) is 0 Å². The van der Waals surface area contributed by atoms with Gasteiger partial charge in [-0.15, -0.1) is 0 Å². The van der Waals surface area contributed by atoms with Gasteiger partial charge in [0.05, 0.1) is 25.4 Å². The van der Waals surface area contributed by atoms with E-state index in [-0.39, 0.29) is 6.42 Å². The van der Waals surface area contributed by atoms with E-state index in [1.54, 1.807) is 0 Å². The number of amides is 1.